The maximum Gasteiger partial charge on any atom is 0.416 e. The fraction of sp³-hybridized carbons (Fsp3) is 0.517. The molecule has 12 heteroatoms. The Morgan fingerprint density at radius 3 is 2.29 bits per heavy atom. The van der Waals surface area contributed by atoms with Crippen LogP contribution in [0.1, 0.15) is 42.4 Å². The Morgan fingerprint density at radius 2 is 1.73 bits per heavy atom. The number of likely N-dealkylation sites (N-methyl/N-ethyl adjacent to an activating group) is 1. The number of ketones is 1. The Hall–Kier alpha value is -3.15. The van der Waals surface area contributed by atoms with Gasteiger partial charge in [-0.1, -0.05) is 18.9 Å². The van der Waals surface area contributed by atoms with E-state index in [2.05, 4.69) is 5.32 Å². The molecule has 5 rings (SSSR count). The minimum atomic E-state index is -5.04. The van der Waals surface area contributed by atoms with Crippen LogP contribution < -0.4 is 5.32 Å². The SMILES string of the molecule is CN1C=C2C(=C(CN(Cc3cc(C(F)(F)F)cc(C(F)(F)F)c3)C(=O)C3(CC4CC4)CCNC3)C=CC2F)C(=O)C1. The molecular formula is C29H30F7N3O2. The van der Waals surface area contributed by atoms with Gasteiger partial charge in [-0.15, -0.1) is 0 Å². The van der Waals surface area contributed by atoms with Crippen molar-refractivity contribution in [3.63, 3.8) is 0 Å². The van der Waals surface area contributed by atoms with E-state index in [1.807, 2.05) is 0 Å². The predicted molar refractivity (Wildman–Crippen MR) is 136 cm³/mol. The highest BCUT2D eigenvalue weighted by atomic mass is 19.4. The third kappa shape index (κ3) is 6.22. The summed E-state index contributed by atoms with van der Waals surface area (Å²) in [5, 5.41) is 3.18. The Balaban J connectivity index is 1.58. The monoisotopic (exact) mass is 585 g/mol. The van der Waals surface area contributed by atoms with Gasteiger partial charge in [-0.2, -0.15) is 26.3 Å². The van der Waals surface area contributed by atoms with E-state index < -0.39 is 47.5 Å². The molecule has 2 aliphatic heterocycles. The number of alkyl halides is 7. The van der Waals surface area contributed by atoms with Crippen molar-refractivity contribution in [2.45, 2.75) is 50.8 Å². The van der Waals surface area contributed by atoms with Crippen LogP contribution in [0.5, 0.6) is 0 Å². The van der Waals surface area contributed by atoms with Gasteiger partial charge in [-0.05, 0) is 60.7 Å². The molecule has 2 unspecified atom stereocenters. The van der Waals surface area contributed by atoms with E-state index in [4.69, 9.17) is 0 Å². The Labute approximate surface area is 232 Å². The van der Waals surface area contributed by atoms with Crippen molar-refractivity contribution in [1.82, 2.24) is 15.1 Å². The normalized spacial score (nSPS) is 25.0. The molecule has 2 atom stereocenters. The van der Waals surface area contributed by atoms with Crippen LogP contribution in [0.15, 0.2) is 53.3 Å². The molecule has 1 N–H and O–H groups in total. The standard InChI is InChI=1S/C29H30F7N3O2/c1-38-14-22-23(30)5-4-19(25(22)24(40)15-38)13-39(26(41)27(6-7-37-16-27)11-17-2-3-17)12-18-8-20(28(31,32)33)10-21(9-18)29(34,35)36/h4-5,8-10,14,17,23,37H,2-3,6-7,11-13,15-16H2,1H3. The second-order valence-corrected chi connectivity index (χ2v) is 11.5. The zero-order valence-electron chi connectivity index (χ0n) is 22.3. The number of carbonyl (C=O) groups is 2. The van der Waals surface area contributed by atoms with Gasteiger partial charge >= 0.3 is 12.4 Å². The van der Waals surface area contributed by atoms with Gasteiger partial charge in [-0.3, -0.25) is 9.59 Å². The third-order valence-electron chi connectivity index (χ3n) is 8.15. The van der Waals surface area contributed by atoms with E-state index in [1.165, 1.54) is 28.2 Å². The Bertz CT molecular complexity index is 1290. The maximum absolute atomic E-state index is 14.8. The van der Waals surface area contributed by atoms with Crippen LogP contribution in [0, 0.1) is 11.3 Å². The first-order valence-electron chi connectivity index (χ1n) is 13.5. The number of benzene rings is 1. The minimum absolute atomic E-state index is 0.0328. The second kappa shape index (κ2) is 10.6. The van der Waals surface area contributed by atoms with Crippen LogP contribution in [0.3, 0.4) is 0 Å². The van der Waals surface area contributed by atoms with Gasteiger partial charge in [0.25, 0.3) is 0 Å². The molecule has 0 aromatic heterocycles. The largest absolute Gasteiger partial charge is 0.416 e. The van der Waals surface area contributed by atoms with E-state index in [0.717, 1.165) is 12.8 Å². The number of halogens is 7. The van der Waals surface area contributed by atoms with Gasteiger partial charge in [0.1, 0.15) is 6.17 Å². The average molecular weight is 586 g/mol. The molecule has 0 bridgehead atoms. The minimum Gasteiger partial charge on any atom is -0.372 e. The van der Waals surface area contributed by atoms with E-state index >= 15 is 0 Å². The fourth-order valence-electron chi connectivity index (χ4n) is 6.04. The molecule has 0 radical (unpaired) electrons. The number of hydrogen-bond donors (Lipinski definition) is 1. The molecule has 2 heterocycles. The van der Waals surface area contributed by atoms with Crippen molar-refractivity contribution in [3.8, 4) is 0 Å². The summed E-state index contributed by atoms with van der Waals surface area (Å²) in [5.41, 5.74) is -3.66. The molecule has 41 heavy (non-hydrogen) atoms. The lowest BCUT2D eigenvalue weighted by Crippen LogP contribution is -2.46. The zero-order valence-corrected chi connectivity index (χ0v) is 22.3. The highest BCUT2D eigenvalue weighted by molar-refractivity contribution is 6.04. The quantitative estimate of drug-likeness (QED) is 0.434. The fourth-order valence-corrected chi connectivity index (χ4v) is 6.04. The van der Waals surface area contributed by atoms with Crippen LogP contribution in [-0.2, 0) is 28.5 Å². The number of nitrogens with zero attached hydrogens (tertiary/aromatic N) is 2. The Morgan fingerprint density at radius 1 is 1.07 bits per heavy atom. The molecule has 1 saturated heterocycles. The summed E-state index contributed by atoms with van der Waals surface area (Å²) in [6.07, 6.45) is -4.63. The summed E-state index contributed by atoms with van der Waals surface area (Å²) in [7, 11) is 1.61. The van der Waals surface area contributed by atoms with Crippen molar-refractivity contribution in [3.05, 3.63) is 70.0 Å². The lowest BCUT2D eigenvalue weighted by Gasteiger charge is -2.36. The summed E-state index contributed by atoms with van der Waals surface area (Å²) in [6, 6.07) is 1.29. The summed E-state index contributed by atoms with van der Waals surface area (Å²) in [5.74, 6) is -0.469. The number of hydrogen-bond acceptors (Lipinski definition) is 4. The molecule has 222 valence electrons. The van der Waals surface area contributed by atoms with Crippen molar-refractivity contribution in [2.75, 3.05) is 33.2 Å². The number of amides is 1. The van der Waals surface area contributed by atoms with Crippen LogP contribution >= 0.6 is 0 Å². The molecular weight excluding hydrogens is 555 g/mol. The van der Waals surface area contributed by atoms with Gasteiger partial charge in [0.2, 0.25) is 5.91 Å². The second-order valence-electron chi connectivity index (χ2n) is 11.5. The van der Waals surface area contributed by atoms with Crippen molar-refractivity contribution in [1.29, 1.82) is 0 Å². The molecule has 4 aliphatic rings. The molecule has 1 amide bonds. The maximum atomic E-state index is 14.8. The van der Waals surface area contributed by atoms with E-state index in [9.17, 15) is 40.3 Å². The van der Waals surface area contributed by atoms with E-state index in [0.29, 0.717) is 49.6 Å². The van der Waals surface area contributed by atoms with Crippen molar-refractivity contribution in [2.24, 2.45) is 11.3 Å². The lowest BCUT2D eigenvalue weighted by atomic mass is 9.79. The summed E-state index contributed by atoms with van der Waals surface area (Å²) < 4.78 is 96.4. The van der Waals surface area contributed by atoms with Gasteiger partial charge in [0.05, 0.1) is 23.1 Å². The van der Waals surface area contributed by atoms with Crippen molar-refractivity contribution < 1.29 is 40.3 Å². The first-order valence-corrected chi connectivity index (χ1v) is 13.5. The lowest BCUT2D eigenvalue weighted by molar-refractivity contribution is -0.143. The topological polar surface area (TPSA) is 52.6 Å². The zero-order chi connectivity index (χ0) is 29.7. The van der Waals surface area contributed by atoms with Gasteiger partial charge in [-0.25, -0.2) is 4.39 Å². The number of rotatable bonds is 7. The third-order valence-corrected chi connectivity index (χ3v) is 8.15. The summed E-state index contributed by atoms with van der Waals surface area (Å²) in [6.45, 7) is 0.0276. The highest BCUT2D eigenvalue weighted by Gasteiger charge is 2.47. The Kier molecular flexibility index (Phi) is 7.59. The molecule has 1 aromatic rings. The predicted octanol–water partition coefficient (Wildman–Crippen LogP) is 5.44. The molecule has 1 saturated carbocycles. The average Bonchev–Trinajstić information content (AvgIpc) is 3.56. The number of Topliss-reactive ketones (excluding diaryl/α,β-unsaturated/α-hetero) is 1. The first kappa shape index (κ1) is 29.3. The number of fused-ring (bicyclic) bond motifs is 1. The summed E-state index contributed by atoms with van der Waals surface area (Å²) >= 11 is 0. The number of carbonyl (C=O) groups excluding carboxylic acids is 2. The van der Waals surface area contributed by atoms with Gasteiger partial charge in [0, 0.05) is 44.0 Å². The van der Waals surface area contributed by atoms with Crippen LogP contribution in [0.2, 0.25) is 0 Å². The smallest absolute Gasteiger partial charge is 0.372 e. The van der Waals surface area contributed by atoms with E-state index in [1.54, 1.807) is 7.05 Å². The molecule has 0 spiro atoms. The molecule has 5 nitrogen and oxygen atoms in total. The van der Waals surface area contributed by atoms with Gasteiger partial charge < -0.3 is 15.1 Å². The van der Waals surface area contributed by atoms with Crippen LogP contribution in [0.25, 0.3) is 0 Å². The van der Waals surface area contributed by atoms with Gasteiger partial charge in [0.15, 0.2) is 5.78 Å². The first-order chi connectivity index (χ1) is 19.2. The number of nitrogens with one attached hydrogen (secondary N) is 1. The summed E-state index contributed by atoms with van der Waals surface area (Å²) in [4.78, 5) is 30.0. The van der Waals surface area contributed by atoms with E-state index in [-0.39, 0.29) is 41.6 Å². The molecule has 1 aromatic carbocycles. The highest BCUT2D eigenvalue weighted by Crippen LogP contribution is 2.45. The molecule has 2 aliphatic carbocycles. The van der Waals surface area contributed by atoms with Crippen LogP contribution in [-0.4, -0.2) is 60.9 Å². The molecule has 2 fully saturated rings. The van der Waals surface area contributed by atoms with Crippen LogP contribution in [0.4, 0.5) is 30.7 Å². The van der Waals surface area contributed by atoms with Crippen molar-refractivity contribution >= 4 is 11.7 Å². The number of allylic oxidation sites excluding steroid dienone is 2.